The standard InChI is InChI=1S/C23H28F4N6O2/c1-14(2)32-12-16(10-28-32)11-31-15(3)29-33(21(31)34)19-9-17(8-18(20(19)24)23(25,26)27)30-6-7-35-22(4,5)13-30/h8-10,12,14H,6-7,11,13H2,1-5H3. The van der Waals surface area contributed by atoms with Crippen LogP contribution in [0.3, 0.4) is 0 Å². The summed E-state index contributed by atoms with van der Waals surface area (Å²) in [6.45, 7) is 10.1. The minimum absolute atomic E-state index is 0.0997. The van der Waals surface area contributed by atoms with E-state index in [9.17, 15) is 18.0 Å². The van der Waals surface area contributed by atoms with Gasteiger partial charge < -0.3 is 9.64 Å². The van der Waals surface area contributed by atoms with E-state index >= 15 is 4.39 Å². The molecule has 0 unspecified atom stereocenters. The Balaban J connectivity index is 1.80. The summed E-state index contributed by atoms with van der Waals surface area (Å²) >= 11 is 0. The quantitative estimate of drug-likeness (QED) is 0.501. The van der Waals surface area contributed by atoms with Crippen molar-refractivity contribution in [2.24, 2.45) is 0 Å². The number of aromatic nitrogens is 5. The van der Waals surface area contributed by atoms with Gasteiger partial charge in [0.15, 0.2) is 5.82 Å². The van der Waals surface area contributed by atoms with Gasteiger partial charge in [0.25, 0.3) is 0 Å². The Hall–Kier alpha value is -3.15. The molecule has 0 radical (unpaired) electrons. The van der Waals surface area contributed by atoms with Crippen molar-refractivity contribution in [1.29, 1.82) is 0 Å². The average Bonchev–Trinajstić information content (AvgIpc) is 3.33. The molecular formula is C23H28F4N6O2. The molecule has 190 valence electrons. The predicted molar refractivity (Wildman–Crippen MR) is 121 cm³/mol. The number of alkyl halides is 3. The van der Waals surface area contributed by atoms with Crippen LogP contribution in [0.4, 0.5) is 23.2 Å². The van der Waals surface area contributed by atoms with Crippen molar-refractivity contribution in [2.45, 2.75) is 59.0 Å². The normalized spacial score (nSPS) is 16.3. The Morgan fingerprint density at radius 2 is 1.94 bits per heavy atom. The van der Waals surface area contributed by atoms with Gasteiger partial charge in [0, 0.05) is 36.6 Å². The molecule has 12 heteroatoms. The molecule has 35 heavy (non-hydrogen) atoms. The Morgan fingerprint density at radius 3 is 2.54 bits per heavy atom. The highest BCUT2D eigenvalue weighted by atomic mass is 19.4. The highest BCUT2D eigenvalue weighted by molar-refractivity contribution is 5.57. The molecular weight excluding hydrogens is 468 g/mol. The first-order chi connectivity index (χ1) is 16.3. The molecule has 3 aromatic rings. The lowest BCUT2D eigenvalue weighted by Gasteiger charge is -2.39. The SMILES string of the molecule is Cc1nn(-c2cc(N3CCOC(C)(C)C3)cc(C(F)(F)F)c2F)c(=O)n1Cc1cnn(C(C)C)c1. The van der Waals surface area contributed by atoms with Crippen LogP contribution in [-0.4, -0.2) is 49.4 Å². The second-order valence-electron chi connectivity index (χ2n) is 9.60. The number of rotatable bonds is 5. The Morgan fingerprint density at radius 1 is 1.23 bits per heavy atom. The van der Waals surface area contributed by atoms with E-state index in [1.165, 1.54) is 10.6 Å². The number of hydrogen-bond donors (Lipinski definition) is 0. The lowest BCUT2D eigenvalue weighted by atomic mass is 10.1. The summed E-state index contributed by atoms with van der Waals surface area (Å²) in [7, 11) is 0. The second kappa shape index (κ2) is 8.81. The number of morpholine rings is 1. The molecule has 0 spiro atoms. The molecule has 0 atom stereocenters. The molecule has 2 aromatic heterocycles. The molecule has 4 rings (SSSR count). The first-order valence-corrected chi connectivity index (χ1v) is 11.3. The van der Waals surface area contributed by atoms with Crippen molar-refractivity contribution in [1.82, 2.24) is 24.1 Å². The molecule has 1 aliphatic rings. The summed E-state index contributed by atoms with van der Waals surface area (Å²) in [4.78, 5) is 14.9. The first-order valence-electron chi connectivity index (χ1n) is 11.3. The monoisotopic (exact) mass is 496 g/mol. The number of nitrogens with zero attached hydrogens (tertiary/aromatic N) is 6. The maximum absolute atomic E-state index is 15.2. The van der Waals surface area contributed by atoms with Crippen molar-refractivity contribution in [3.05, 3.63) is 57.8 Å². The molecule has 1 aliphatic heterocycles. The fraction of sp³-hybridized carbons (Fsp3) is 0.522. The summed E-state index contributed by atoms with van der Waals surface area (Å²) in [5.41, 5.74) is -2.49. The molecule has 0 bridgehead atoms. The van der Waals surface area contributed by atoms with E-state index in [2.05, 4.69) is 10.2 Å². The minimum atomic E-state index is -4.96. The van der Waals surface area contributed by atoms with Crippen LogP contribution in [0.25, 0.3) is 5.69 Å². The zero-order chi connectivity index (χ0) is 25.7. The van der Waals surface area contributed by atoms with Crippen LogP contribution in [0.5, 0.6) is 0 Å². The zero-order valence-corrected chi connectivity index (χ0v) is 20.2. The molecule has 3 heterocycles. The third-order valence-corrected chi connectivity index (χ3v) is 5.93. The highest BCUT2D eigenvalue weighted by Crippen LogP contribution is 2.37. The zero-order valence-electron chi connectivity index (χ0n) is 20.2. The van der Waals surface area contributed by atoms with Gasteiger partial charge in [-0.2, -0.15) is 28.1 Å². The minimum Gasteiger partial charge on any atom is -0.372 e. The predicted octanol–water partition coefficient (Wildman–Crippen LogP) is 3.94. The first kappa shape index (κ1) is 25.0. The van der Waals surface area contributed by atoms with E-state index < -0.39 is 34.5 Å². The second-order valence-corrected chi connectivity index (χ2v) is 9.60. The van der Waals surface area contributed by atoms with Gasteiger partial charge in [-0.15, -0.1) is 0 Å². The number of ether oxygens (including phenoxy) is 1. The van der Waals surface area contributed by atoms with Crippen molar-refractivity contribution >= 4 is 5.69 Å². The lowest BCUT2D eigenvalue weighted by Crippen LogP contribution is -2.48. The third kappa shape index (κ3) is 4.97. The fourth-order valence-electron chi connectivity index (χ4n) is 4.13. The van der Waals surface area contributed by atoms with Crippen LogP contribution in [0, 0.1) is 12.7 Å². The summed E-state index contributed by atoms with van der Waals surface area (Å²) in [5.74, 6) is -1.31. The van der Waals surface area contributed by atoms with Gasteiger partial charge in [-0.3, -0.25) is 9.25 Å². The largest absolute Gasteiger partial charge is 0.419 e. The van der Waals surface area contributed by atoms with Crippen LogP contribution in [0.2, 0.25) is 0 Å². The maximum Gasteiger partial charge on any atom is 0.419 e. The molecule has 1 saturated heterocycles. The van der Waals surface area contributed by atoms with Crippen molar-refractivity contribution in [3.63, 3.8) is 0 Å². The molecule has 8 nitrogen and oxygen atoms in total. The van der Waals surface area contributed by atoms with Gasteiger partial charge in [0.05, 0.1) is 30.5 Å². The summed E-state index contributed by atoms with van der Waals surface area (Å²) < 4.78 is 65.9. The molecule has 0 amide bonds. The Kier molecular flexibility index (Phi) is 6.28. The highest BCUT2D eigenvalue weighted by Gasteiger charge is 2.38. The van der Waals surface area contributed by atoms with Gasteiger partial charge in [0.1, 0.15) is 11.5 Å². The molecule has 0 aliphatic carbocycles. The van der Waals surface area contributed by atoms with Crippen LogP contribution >= 0.6 is 0 Å². The smallest absolute Gasteiger partial charge is 0.372 e. The van der Waals surface area contributed by atoms with E-state index in [1.54, 1.807) is 28.9 Å². The van der Waals surface area contributed by atoms with Crippen LogP contribution in [0.1, 0.15) is 50.7 Å². The number of anilines is 1. The van der Waals surface area contributed by atoms with E-state index in [1.807, 2.05) is 27.7 Å². The van der Waals surface area contributed by atoms with Gasteiger partial charge in [0.2, 0.25) is 0 Å². The average molecular weight is 497 g/mol. The topological polar surface area (TPSA) is 70.1 Å². The fourth-order valence-corrected chi connectivity index (χ4v) is 4.13. The van der Waals surface area contributed by atoms with E-state index in [0.29, 0.717) is 29.9 Å². The van der Waals surface area contributed by atoms with Gasteiger partial charge in [-0.05, 0) is 46.8 Å². The van der Waals surface area contributed by atoms with Gasteiger partial charge >= 0.3 is 11.9 Å². The number of benzene rings is 1. The summed E-state index contributed by atoms with van der Waals surface area (Å²) in [6, 6.07) is 2.13. The molecule has 1 aromatic carbocycles. The number of halogens is 4. The van der Waals surface area contributed by atoms with Gasteiger partial charge in [-0.1, -0.05) is 0 Å². The van der Waals surface area contributed by atoms with Crippen LogP contribution < -0.4 is 10.6 Å². The van der Waals surface area contributed by atoms with Crippen molar-refractivity contribution in [3.8, 4) is 5.69 Å². The van der Waals surface area contributed by atoms with E-state index in [-0.39, 0.29) is 24.1 Å². The van der Waals surface area contributed by atoms with E-state index in [4.69, 9.17) is 4.74 Å². The summed E-state index contributed by atoms with van der Waals surface area (Å²) in [5, 5.41) is 8.34. The summed E-state index contributed by atoms with van der Waals surface area (Å²) in [6.07, 6.45) is -1.58. The Bertz CT molecular complexity index is 1290. The van der Waals surface area contributed by atoms with Crippen LogP contribution in [0.15, 0.2) is 29.3 Å². The number of aryl methyl sites for hydroxylation is 1. The maximum atomic E-state index is 15.2. The molecule has 0 N–H and O–H groups in total. The van der Waals surface area contributed by atoms with Crippen LogP contribution in [-0.2, 0) is 17.5 Å². The lowest BCUT2D eigenvalue weighted by molar-refractivity contribution is -0.139. The number of hydrogen-bond acceptors (Lipinski definition) is 5. The molecule has 1 fully saturated rings. The van der Waals surface area contributed by atoms with Gasteiger partial charge in [-0.25, -0.2) is 9.18 Å². The van der Waals surface area contributed by atoms with E-state index in [0.717, 1.165) is 6.07 Å². The molecule has 0 saturated carbocycles. The van der Waals surface area contributed by atoms with Crippen molar-refractivity contribution < 1.29 is 22.3 Å². The third-order valence-electron chi connectivity index (χ3n) is 5.93. The van der Waals surface area contributed by atoms with Crippen molar-refractivity contribution in [2.75, 3.05) is 24.6 Å². The Labute approximate surface area is 199 Å².